The highest BCUT2D eigenvalue weighted by Gasteiger charge is 2.13. The first kappa shape index (κ1) is 11.6. The van der Waals surface area contributed by atoms with Gasteiger partial charge in [-0.15, -0.1) is 0 Å². The Balaban J connectivity index is 1.92. The predicted octanol–water partition coefficient (Wildman–Crippen LogP) is 5.42. The molecular weight excluding hydrogens is 266 g/mol. The van der Waals surface area contributed by atoms with Crippen molar-refractivity contribution in [1.82, 2.24) is 0 Å². The first-order chi connectivity index (χ1) is 9.81. The number of hydrogen-bond donors (Lipinski definition) is 1. The Hall–Kier alpha value is -2.25. The molecule has 1 heterocycles. The van der Waals surface area contributed by atoms with Gasteiger partial charge in [0.1, 0.15) is 0 Å². The van der Waals surface area contributed by atoms with Crippen molar-refractivity contribution < 1.29 is 0 Å². The van der Waals surface area contributed by atoms with E-state index in [0.29, 0.717) is 0 Å². The summed E-state index contributed by atoms with van der Waals surface area (Å²) in [6.07, 6.45) is 2.19. The van der Waals surface area contributed by atoms with Crippen molar-refractivity contribution in [1.29, 1.82) is 0 Å². The molecule has 20 heavy (non-hydrogen) atoms. The quantitative estimate of drug-likeness (QED) is 0.626. The molecule has 0 saturated heterocycles. The molecule has 1 N–H and O–H groups in total. The highest BCUT2D eigenvalue weighted by Crippen LogP contribution is 2.35. The zero-order chi connectivity index (χ0) is 13.5. The summed E-state index contributed by atoms with van der Waals surface area (Å²) in [6, 6.07) is 20.7. The van der Waals surface area contributed by atoms with Gasteiger partial charge >= 0.3 is 0 Å². The summed E-state index contributed by atoms with van der Waals surface area (Å²) in [6.45, 7) is 0. The molecule has 0 fully saturated rings. The smallest absolute Gasteiger partial charge is 0.0470 e. The Kier molecular flexibility index (Phi) is 2.54. The minimum atomic E-state index is 0.757. The van der Waals surface area contributed by atoms with Gasteiger partial charge in [0, 0.05) is 21.8 Å². The van der Waals surface area contributed by atoms with E-state index in [-0.39, 0.29) is 0 Å². The van der Waals surface area contributed by atoms with Gasteiger partial charge in [-0.3, -0.25) is 0 Å². The zero-order valence-corrected chi connectivity index (χ0v) is 11.5. The number of benzene rings is 3. The van der Waals surface area contributed by atoms with Crippen LogP contribution in [-0.4, -0.2) is 0 Å². The zero-order valence-electron chi connectivity index (χ0n) is 10.7. The van der Waals surface area contributed by atoms with E-state index in [1.54, 1.807) is 0 Å². The van der Waals surface area contributed by atoms with Crippen LogP contribution in [0.2, 0.25) is 5.02 Å². The lowest BCUT2D eigenvalue weighted by atomic mass is 9.97. The van der Waals surface area contributed by atoms with Crippen LogP contribution in [0.1, 0.15) is 11.1 Å². The van der Waals surface area contributed by atoms with Crippen molar-refractivity contribution in [3.8, 4) is 0 Å². The van der Waals surface area contributed by atoms with E-state index in [1.807, 2.05) is 24.3 Å². The van der Waals surface area contributed by atoms with Gasteiger partial charge in [0.05, 0.1) is 0 Å². The van der Waals surface area contributed by atoms with Crippen molar-refractivity contribution in [2.75, 3.05) is 5.32 Å². The monoisotopic (exact) mass is 277 g/mol. The molecule has 1 aliphatic heterocycles. The van der Waals surface area contributed by atoms with Crippen LogP contribution in [0.5, 0.6) is 0 Å². The van der Waals surface area contributed by atoms with Crippen molar-refractivity contribution in [3.05, 3.63) is 76.8 Å². The van der Waals surface area contributed by atoms with Gasteiger partial charge in [0.25, 0.3) is 0 Å². The van der Waals surface area contributed by atoms with Crippen LogP contribution in [0.15, 0.2) is 60.7 Å². The molecule has 0 radical (unpaired) electrons. The van der Waals surface area contributed by atoms with Crippen LogP contribution in [0.4, 0.5) is 5.69 Å². The third kappa shape index (κ3) is 1.79. The molecule has 96 valence electrons. The number of hydrogen-bond acceptors (Lipinski definition) is 1. The summed E-state index contributed by atoms with van der Waals surface area (Å²) in [7, 11) is 0. The van der Waals surface area contributed by atoms with Crippen LogP contribution in [0.25, 0.3) is 22.5 Å². The molecule has 1 nitrogen and oxygen atoms in total. The van der Waals surface area contributed by atoms with E-state index in [9.17, 15) is 0 Å². The van der Waals surface area contributed by atoms with E-state index < -0.39 is 0 Å². The second-order valence-corrected chi connectivity index (χ2v) is 5.38. The van der Waals surface area contributed by atoms with Gasteiger partial charge in [-0.2, -0.15) is 0 Å². The maximum Gasteiger partial charge on any atom is 0.0470 e. The molecule has 0 aromatic heterocycles. The molecule has 2 heteroatoms. The summed E-state index contributed by atoms with van der Waals surface area (Å²) in [5, 5.41) is 6.82. The van der Waals surface area contributed by atoms with Crippen molar-refractivity contribution >= 4 is 39.8 Å². The van der Waals surface area contributed by atoms with E-state index >= 15 is 0 Å². The first-order valence-electron chi connectivity index (χ1n) is 6.58. The maximum absolute atomic E-state index is 5.96. The fraction of sp³-hybridized carbons (Fsp3) is 0. The lowest BCUT2D eigenvalue weighted by molar-refractivity contribution is 1.53. The van der Waals surface area contributed by atoms with E-state index in [2.05, 4.69) is 47.8 Å². The Bertz CT molecular complexity index is 826. The third-order valence-electron chi connectivity index (χ3n) is 3.66. The summed E-state index contributed by atoms with van der Waals surface area (Å²) in [5.74, 6) is 0. The summed E-state index contributed by atoms with van der Waals surface area (Å²) >= 11 is 5.96. The summed E-state index contributed by atoms with van der Waals surface area (Å²) in [4.78, 5) is 0. The number of anilines is 1. The van der Waals surface area contributed by atoms with Crippen molar-refractivity contribution in [2.24, 2.45) is 0 Å². The van der Waals surface area contributed by atoms with Gasteiger partial charge in [-0.05, 0) is 40.8 Å². The fourth-order valence-corrected chi connectivity index (χ4v) is 2.84. The number of halogens is 1. The SMILES string of the molecule is Clc1ccc(C2=Cc3cccc4cccc(c34)N2)cc1. The van der Waals surface area contributed by atoms with Crippen LogP contribution in [0.3, 0.4) is 0 Å². The second kappa shape index (κ2) is 4.39. The van der Waals surface area contributed by atoms with Gasteiger partial charge in [-0.25, -0.2) is 0 Å². The molecule has 1 aliphatic rings. The second-order valence-electron chi connectivity index (χ2n) is 4.94. The fourth-order valence-electron chi connectivity index (χ4n) is 2.72. The molecule has 3 aromatic carbocycles. The Labute approximate surface area is 122 Å². The van der Waals surface area contributed by atoms with Crippen LogP contribution in [0, 0.1) is 0 Å². The molecule has 0 spiro atoms. The highest BCUT2D eigenvalue weighted by atomic mass is 35.5. The average molecular weight is 278 g/mol. The van der Waals surface area contributed by atoms with Crippen LogP contribution >= 0.6 is 11.6 Å². The normalized spacial score (nSPS) is 12.9. The first-order valence-corrected chi connectivity index (χ1v) is 6.95. The van der Waals surface area contributed by atoms with E-state index in [4.69, 9.17) is 11.6 Å². The third-order valence-corrected chi connectivity index (χ3v) is 3.91. The number of rotatable bonds is 1. The molecule has 0 saturated carbocycles. The minimum Gasteiger partial charge on any atom is -0.354 e. The maximum atomic E-state index is 5.96. The Morgan fingerprint density at radius 1 is 0.800 bits per heavy atom. The standard InChI is InChI=1S/C18H12ClN/c19-15-9-7-12(8-10-15)17-11-14-5-1-3-13-4-2-6-16(20-17)18(13)14/h1-11,20H. The summed E-state index contributed by atoms with van der Waals surface area (Å²) < 4.78 is 0. The molecular formula is C18H12ClN. The van der Waals surface area contributed by atoms with Gasteiger partial charge in [-0.1, -0.05) is 54.1 Å². The summed E-state index contributed by atoms with van der Waals surface area (Å²) in [5.41, 5.74) is 4.65. The van der Waals surface area contributed by atoms with Crippen molar-refractivity contribution in [2.45, 2.75) is 0 Å². The molecule has 0 aliphatic carbocycles. The lowest BCUT2D eigenvalue weighted by Gasteiger charge is -2.20. The van der Waals surface area contributed by atoms with E-state index in [1.165, 1.54) is 16.3 Å². The van der Waals surface area contributed by atoms with E-state index in [0.717, 1.165) is 22.0 Å². The lowest BCUT2D eigenvalue weighted by Crippen LogP contribution is -2.04. The molecule has 0 atom stereocenters. The molecule has 4 rings (SSSR count). The number of nitrogens with one attached hydrogen (secondary N) is 1. The topological polar surface area (TPSA) is 12.0 Å². The van der Waals surface area contributed by atoms with Gasteiger partial charge in [0.2, 0.25) is 0 Å². The average Bonchev–Trinajstić information content (AvgIpc) is 2.48. The minimum absolute atomic E-state index is 0.757. The molecule has 3 aromatic rings. The predicted molar refractivity (Wildman–Crippen MR) is 86.9 cm³/mol. The van der Waals surface area contributed by atoms with Gasteiger partial charge in [0.15, 0.2) is 0 Å². The molecule has 0 amide bonds. The van der Waals surface area contributed by atoms with Crippen molar-refractivity contribution in [3.63, 3.8) is 0 Å². The van der Waals surface area contributed by atoms with Gasteiger partial charge < -0.3 is 5.32 Å². The Morgan fingerprint density at radius 3 is 2.35 bits per heavy atom. The molecule has 0 unspecified atom stereocenters. The highest BCUT2D eigenvalue weighted by molar-refractivity contribution is 6.30. The van der Waals surface area contributed by atoms with Crippen LogP contribution in [-0.2, 0) is 0 Å². The van der Waals surface area contributed by atoms with Crippen LogP contribution < -0.4 is 5.32 Å². The largest absolute Gasteiger partial charge is 0.354 e. The molecule has 0 bridgehead atoms. The Morgan fingerprint density at radius 2 is 1.55 bits per heavy atom.